The van der Waals surface area contributed by atoms with Crippen LogP contribution in [-0.2, 0) is 6.61 Å². The fourth-order valence-corrected chi connectivity index (χ4v) is 1.61. The lowest BCUT2D eigenvalue weighted by atomic mass is 10.1. The van der Waals surface area contributed by atoms with Crippen LogP contribution in [-0.4, -0.2) is 20.1 Å². The number of aromatic amines is 1. The SMILES string of the molecule is OCc1ncc(-c2ccc3ncoc3c2)[nH]1. The molecule has 0 radical (unpaired) electrons. The quantitative estimate of drug-likeness (QED) is 0.682. The minimum atomic E-state index is -0.0927. The average Bonchev–Trinajstić information content (AvgIpc) is 2.96. The van der Waals surface area contributed by atoms with E-state index in [1.54, 1.807) is 6.20 Å². The summed E-state index contributed by atoms with van der Waals surface area (Å²) < 4.78 is 5.22. The van der Waals surface area contributed by atoms with Gasteiger partial charge in [-0.15, -0.1) is 0 Å². The van der Waals surface area contributed by atoms with Crippen LogP contribution in [0.25, 0.3) is 22.4 Å². The van der Waals surface area contributed by atoms with Gasteiger partial charge in [-0.05, 0) is 12.1 Å². The largest absolute Gasteiger partial charge is 0.443 e. The molecule has 0 bridgehead atoms. The number of H-pyrrole nitrogens is 1. The summed E-state index contributed by atoms with van der Waals surface area (Å²) in [5.41, 5.74) is 3.36. The molecule has 5 heteroatoms. The number of rotatable bonds is 2. The van der Waals surface area contributed by atoms with Gasteiger partial charge in [0.1, 0.15) is 17.9 Å². The molecule has 0 saturated carbocycles. The molecule has 0 aliphatic heterocycles. The van der Waals surface area contributed by atoms with Gasteiger partial charge >= 0.3 is 0 Å². The Morgan fingerprint density at radius 1 is 1.31 bits per heavy atom. The van der Waals surface area contributed by atoms with Crippen LogP contribution in [0.4, 0.5) is 0 Å². The second-order valence-electron chi connectivity index (χ2n) is 3.44. The molecule has 0 amide bonds. The van der Waals surface area contributed by atoms with Gasteiger partial charge in [-0.25, -0.2) is 9.97 Å². The van der Waals surface area contributed by atoms with Gasteiger partial charge in [0.25, 0.3) is 0 Å². The Kier molecular flexibility index (Phi) is 1.97. The smallest absolute Gasteiger partial charge is 0.181 e. The van der Waals surface area contributed by atoms with Crippen molar-refractivity contribution in [1.82, 2.24) is 15.0 Å². The lowest BCUT2D eigenvalue weighted by molar-refractivity contribution is 0.272. The van der Waals surface area contributed by atoms with E-state index in [-0.39, 0.29) is 6.61 Å². The summed E-state index contributed by atoms with van der Waals surface area (Å²) in [7, 11) is 0. The zero-order valence-electron chi connectivity index (χ0n) is 8.34. The number of aromatic nitrogens is 3. The predicted molar refractivity (Wildman–Crippen MR) is 57.5 cm³/mol. The maximum absolute atomic E-state index is 8.91. The Morgan fingerprint density at radius 3 is 3.06 bits per heavy atom. The minimum absolute atomic E-state index is 0.0927. The number of aliphatic hydroxyl groups excluding tert-OH is 1. The van der Waals surface area contributed by atoms with Crippen molar-refractivity contribution < 1.29 is 9.52 Å². The molecule has 0 fully saturated rings. The molecule has 16 heavy (non-hydrogen) atoms. The Morgan fingerprint density at radius 2 is 2.25 bits per heavy atom. The van der Waals surface area contributed by atoms with Crippen molar-refractivity contribution in [1.29, 1.82) is 0 Å². The van der Waals surface area contributed by atoms with Crippen molar-refractivity contribution in [2.24, 2.45) is 0 Å². The molecule has 0 aliphatic carbocycles. The highest BCUT2D eigenvalue weighted by atomic mass is 16.3. The van der Waals surface area contributed by atoms with E-state index in [0.717, 1.165) is 22.4 Å². The molecular formula is C11H9N3O2. The van der Waals surface area contributed by atoms with E-state index in [0.29, 0.717) is 5.82 Å². The summed E-state index contributed by atoms with van der Waals surface area (Å²) in [6.45, 7) is -0.0927. The molecule has 1 aromatic carbocycles. The molecule has 0 aliphatic rings. The van der Waals surface area contributed by atoms with E-state index in [2.05, 4.69) is 15.0 Å². The van der Waals surface area contributed by atoms with Crippen LogP contribution >= 0.6 is 0 Å². The highest BCUT2D eigenvalue weighted by Crippen LogP contribution is 2.22. The second kappa shape index (κ2) is 3.46. The van der Waals surface area contributed by atoms with E-state index in [4.69, 9.17) is 9.52 Å². The summed E-state index contributed by atoms with van der Waals surface area (Å²) in [4.78, 5) is 11.1. The molecule has 3 rings (SSSR count). The Balaban J connectivity index is 2.10. The normalized spacial score (nSPS) is 11.1. The number of hydrogen-bond acceptors (Lipinski definition) is 4. The number of benzene rings is 1. The van der Waals surface area contributed by atoms with Crippen molar-refractivity contribution in [3.05, 3.63) is 36.6 Å². The fourth-order valence-electron chi connectivity index (χ4n) is 1.61. The van der Waals surface area contributed by atoms with Crippen LogP contribution in [0.3, 0.4) is 0 Å². The third-order valence-electron chi connectivity index (χ3n) is 2.42. The van der Waals surface area contributed by atoms with Crippen molar-refractivity contribution in [2.45, 2.75) is 6.61 Å². The molecule has 0 saturated heterocycles. The highest BCUT2D eigenvalue weighted by Gasteiger charge is 2.05. The third-order valence-corrected chi connectivity index (χ3v) is 2.42. The maximum atomic E-state index is 8.91. The summed E-state index contributed by atoms with van der Waals surface area (Å²) in [6, 6.07) is 5.70. The topological polar surface area (TPSA) is 74.9 Å². The molecule has 0 spiro atoms. The molecule has 2 aromatic heterocycles. The first-order valence-corrected chi connectivity index (χ1v) is 4.85. The standard InChI is InChI=1S/C11H9N3O2/c15-5-11-12-4-9(14-11)7-1-2-8-10(3-7)16-6-13-8/h1-4,6,15H,5H2,(H,12,14). The van der Waals surface area contributed by atoms with Gasteiger partial charge in [-0.3, -0.25) is 0 Å². The first kappa shape index (κ1) is 9.11. The van der Waals surface area contributed by atoms with E-state index in [1.807, 2.05) is 18.2 Å². The zero-order chi connectivity index (χ0) is 11.0. The van der Waals surface area contributed by atoms with Crippen molar-refractivity contribution in [2.75, 3.05) is 0 Å². The van der Waals surface area contributed by atoms with Gasteiger partial charge in [0.2, 0.25) is 0 Å². The number of nitrogens with zero attached hydrogens (tertiary/aromatic N) is 2. The Bertz CT molecular complexity index is 627. The van der Waals surface area contributed by atoms with Crippen molar-refractivity contribution in [3.63, 3.8) is 0 Å². The number of imidazole rings is 1. The monoisotopic (exact) mass is 215 g/mol. The third kappa shape index (κ3) is 1.38. The van der Waals surface area contributed by atoms with E-state index >= 15 is 0 Å². The first-order chi connectivity index (χ1) is 7.86. The molecular weight excluding hydrogens is 206 g/mol. The molecule has 2 heterocycles. The summed E-state index contributed by atoms with van der Waals surface area (Å²) >= 11 is 0. The van der Waals surface area contributed by atoms with Crippen LogP contribution in [0.15, 0.2) is 35.2 Å². The molecule has 2 N–H and O–H groups in total. The average molecular weight is 215 g/mol. The summed E-state index contributed by atoms with van der Waals surface area (Å²) in [5, 5.41) is 8.91. The van der Waals surface area contributed by atoms with Gasteiger partial charge in [-0.1, -0.05) is 6.07 Å². The van der Waals surface area contributed by atoms with Crippen molar-refractivity contribution in [3.8, 4) is 11.3 Å². The lowest BCUT2D eigenvalue weighted by Crippen LogP contribution is -1.84. The van der Waals surface area contributed by atoms with Crippen molar-refractivity contribution >= 4 is 11.1 Å². The van der Waals surface area contributed by atoms with Gasteiger partial charge in [0, 0.05) is 5.56 Å². The first-order valence-electron chi connectivity index (χ1n) is 4.85. The van der Waals surface area contributed by atoms with Crippen LogP contribution in [0.2, 0.25) is 0 Å². The van der Waals surface area contributed by atoms with Gasteiger partial charge in [-0.2, -0.15) is 0 Å². The van der Waals surface area contributed by atoms with Crippen LogP contribution in [0.5, 0.6) is 0 Å². The van der Waals surface area contributed by atoms with E-state index < -0.39 is 0 Å². The zero-order valence-corrected chi connectivity index (χ0v) is 8.34. The van der Waals surface area contributed by atoms with Crippen LogP contribution in [0, 0.1) is 0 Å². The predicted octanol–water partition coefficient (Wildman–Crippen LogP) is 1.71. The minimum Gasteiger partial charge on any atom is -0.443 e. The highest BCUT2D eigenvalue weighted by molar-refractivity contribution is 5.78. The Labute approximate surface area is 90.8 Å². The molecule has 0 atom stereocenters. The molecule has 3 aromatic rings. The number of fused-ring (bicyclic) bond motifs is 1. The van der Waals surface area contributed by atoms with Gasteiger partial charge < -0.3 is 14.5 Å². The molecule has 0 unspecified atom stereocenters. The number of hydrogen-bond donors (Lipinski definition) is 2. The van der Waals surface area contributed by atoms with Gasteiger partial charge in [0.05, 0.1) is 11.9 Å². The molecule has 80 valence electrons. The molecule has 5 nitrogen and oxygen atoms in total. The fraction of sp³-hybridized carbons (Fsp3) is 0.0909. The number of oxazole rings is 1. The maximum Gasteiger partial charge on any atom is 0.181 e. The van der Waals surface area contributed by atoms with E-state index in [1.165, 1.54) is 6.39 Å². The summed E-state index contributed by atoms with van der Waals surface area (Å²) in [6.07, 6.45) is 3.10. The van der Waals surface area contributed by atoms with E-state index in [9.17, 15) is 0 Å². The van der Waals surface area contributed by atoms with Crippen LogP contribution < -0.4 is 0 Å². The number of aliphatic hydroxyl groups is 1. The lowest BCUT2D eigenvalue weighted by Gasteiger charge is -1.96. The summed E-state index contributed by atoms with van der Waals surface area (Å²) in [5.74, 6) is 0.549. The van der Waals surface area contributed by atoms with Crippen LogP contribution in [0.1, 0.15) is 5.82 Å². The Hall–Kier alpha value is -2.14. The number of nitrogens with one attached hydrogen (secondary N) is 1. The van der Waals surface area contributed by atoms with Gasteiger partial charge in [0.15, 0.2) is 12.0 Å². The second-order valence-corrected chi connectivity index (χ2v) is 3.44.